The fourth-order valence-electron chi connectivity index (χ4n) is 3.49. The number of ether oxygens (including phenoxy) is 1. The quantitative estimate of drug-likeness (QED) is 0.776. The molecule has 0 bridgehead atoms. The van der Waals surface area contributed by atoms with Crippen molar-refractivity contribution in [2.75, 3.05) is 13.2 Å². The lowest BCUT2D eigenvalue weighted by molar-refractivity contribution is 0.117. The molecule has 3 atom stereocenters. The summed E-state index contributed by atoms with van der Waals surface area (Å²) in [7, 11) is -3.74. The summed E-state index contributed by atoms with van der Waals surface area (Å²) in [4.78, 5) is 0.189. The van der Waals surface area contributed by atoms with Crippen LogP contribution < -0.4 is 0 Å². The molecule has 0 saturated heterocycles. The molecule has 0 spiro atoms. The fraction of sp³-hybridized carbons (Fsp3) is 0.350. The first kappa shape index (κ1) is 18.6. The smallest absolute Gasteiger partial charge is 0.183 e. The molecule has 0 unspecified atom stereocenters. The first-order valence-corrected chi connectivity index (χ1v) is 9.96. The van der Waals surface area contributed by atoms with Gasteiger partial charge >= 0.3 is 0 Å². The zero-order valence-electron chi connectivity index (χ0n) is 14.6. The van der Waals surface area contributed by atoms with Crippen LogP contribution in [0.2, 0.25) is 0 Å². The number of hydrogen-bond donors (Lipinski definition) is 0. The number of rotatable bonds is 6. The maximum absolute atomic E-state index is 13.3. The van der Waals surface area contributed by atoms with Crippen LogP contribution in [-0.2, 0) is 14.6 Å². The third-order valence-corrected chi connectivity index (χ3v) is 7.21. The van der Waals surface area contributed by atoms with Crippen molar-refractivity contribution in [1.82, 2.24) is 0 Å². The summed E-state index contributed by atoms with van der Waals surface area (Å²) in [6.45, 7) is 4.09. The molecule has 26 heavy (non-hydrogen) atoms. The highest BCUT2D eigenvalue weighted by Gasteiger charge is 2.72. The minimum absolute atomic E-state index is 0.0256. The maximum atomic E-state index is 13.3. The average Bonchev–Trinajstić information content (AvgIpc) is 3.31. The van der Waals surface area contributed by atoms with Crippen molar-refractivity contribution >= 4 is 9.84 Å². The molecule has 1 aliphatic rings. The number of nitrogens with zero attached hydrogens (tertiary/aromatic N) is 1. The molecule has 4 nitrogen and oxygen atoms in total. The van der Waals surface area contributed by atoms with E-state index in [4.69, 9.17) is 4.74 Å². The van der Waals surface area contributed by atoms with E-state index in [0.29, 0.717) is 12.2 Å². The Morgan fingerprint density at radius 3 is 2.31 bits per heavy atom. The summed E-state index contributed by atoms with van der Waals surface area (Å²) in [6.07, 6.45) is 0. The Morgan fingerprint density at radius 1 is 1.15 bits per heavy atom. The summed E-state index contributed by atoms with van der Waals surface area (Å²) in [5.74, 6) is -0.953. The summed E-state index contributed by atoms with van der Waals surface area (Å²) < 4.78 is 45.1. The van der Waals surface area contributed by atoms with Gasteiger partial charge in [-0.25, -0.2) is 12.8 Å². The van der Waals surface area contributed by atoms with E-state index in [9.17, 15) is 18.1 Å². The van der Waals surface area contributed by atoms with Crippen LogP contribution in [0.1, 0.15) is 24.0 Å². The van der Waals surface area contributed by atoms with Crippen molar-refractivity contribution in [3.05, 3.63) is 65.5 Å². The van der Waals surface area contributed by atoms with Crippen LogP contribution >= 0.6 is 0 Å². The number of benzene rings is 2. The molecule has 1 fully saturated rings. The normalized spacial score (nSPS) is 24.8. The lowest BCUT2D eigenvalue weighted by Gasteiger charge is -2.10. The summed E-state index contributed by atoms with van der Waals surface area (Å²) in [5, 5.41) is 8.91. The van der Waals surface area contributed by atoms with Gasteiger partial charge in [0.25, 0.3) is 0 Å². The van der Waals surface area contributed by atoms with Gasteiger partial charge in [0.2, 0.25) is 0 Å². The second-order valence-electron chi connectivity index (χ2n) is 6.60. The Labute approximate surface area is 153 Å². The molecule has 136 valence electrons. The van der Waals surface area contributed by atoms with Gasteiger partial charge in [-0.3, -0.25) is 0 Å². The number of nitriles is 1. The molecular weight excluding hydrogens is 353 g/mol. The van der Waals surface area contributed by atoms with E-state index >= 15 is 0 Å². The molecule has 3 rings (SSSR count). The van der Waals surface area contributed by atoms with Gasteiger partial charge in [0.05, 0.1) is 22.8 Å². The minimum atomic E-state index is -3.74. The SMILES string of the molecule is CCOC[C@]1(C#N)[C@H](c2ccc(F)cc2)[C@@H]1S(=O)(=O)c1ccc(C)cc1. The van der Waals surface area contributed by atoms with E-state index in [0.717, 1.165) is 5.56 Å². The Balaban J connectivity index is 2.05. The lowest BCUT2D eigenvalue weighted by atomic mass is 10.0. The Kier molecular flexibility index (Phi) is 4.87. The maximum Gasteiger partial charge on any atom is 0.183 e. The van der Waals surface area contributed by atoms with Crippen LogP contribution in [0.5, 0.6) is 0 Å². The predicted octanol–water partition coefficient (Wildman–Crippen LogP) is 3.62. The summed E-state index contributed by atoms with van der Waals surface area (Å²) >= 11 is 0. The lowest BCUT2D eigenvalue weighted by Crippen LogP contribution is -2.19. The van der Waals surface area contributed by atoms with Crippen LogP contribution in [-0.4, -0.2) is 26.9 Å². The van der Waals surface area contributed by atoms with Gasteiger partial charge in [0.15, 0.2) is 9.84 Å². The van der Waals surface area contributed by atoms with E-state index in [1.165, 1.54) is 12.1 Å². The van der Waals surface area contributed by atoms with Gasteiger partial charge in [-0.15, -0.1) is 0 Å². The molecule has 0 radical (unpaired) electrons. The van der Waals surface area contributed by atoms with Gasteiger partial charge < -0.3 is 4.74 Å². The van der Waals surface area contributed by atoms with E-state index in [1.54, 1.807) is 43.3 Å². The van der Waals surface area contributed by atoms with Crippen molar-refractivity contribution in [2.45, 2.75) is 29.9 Å². The van der Waals surface area contributed by atoms with Crippen molar-refractivity contribution < 1.29 is 17.5 Å². The van der Waals surface area contributed by atoms with Crippen LogP contribution in [0.25, 0.3) is 0 Å². The molecule has 0 aromatic heterocycles. The van der Waals surface area contributed by atoms with Gasteiger partial charge in [-0.2, -0.15) is 5.26 Å². The van der Waals surface area contributed by atoms with Crippen LogP contribution in [0.4, 0.5) is 4.39 Å². The molecule has 0 amide bonds. The van der Waals surface area contributed by atoms with Crippen molar-refractivity contribution in [3.8, 4) is 6.07 Å². The van der Waals surface area contributed by atoms with E-state index < -0.39 is 32.2 Å². The van der Waals surface area contributed by atoms with Crippen molar-refractivity contribution in [2.24, 2.45) is 5.41 Å². The first-order valence-electron chi connectivity index (χ1n) is 8.42. The molecule has 0 N–H and O–H groups in total. The monoisotopic (exact) mass is 373 g/mol. The highest BCUT2D eigenvalue weighted by molar-refractivity contribution is 7.92. The minimum Gasteiger partial charge on any atom is -0.380 e. The third kappa shape index (κ3) is 3.02. The van der Waals surface area contributed by atoms with Crippen LogP contribution in [0, 0.1) is 29.5 Å². The zero-order chi connectivity index (χ0) is 18.9. The second-order valence-corrected chi connectivity index (χ2v) is 8.67. The van der Waals surface area contributed by atoms with E-state index in [1.807, 2.05) is 6.92 Å². The fourth-order valence-corrected chi connectivity index (χ4v) is 5.80. The number of hydrogen-bond acceptors (Lipinski definition) is 4. The van der Waals surface area contributed by atoms with Gasteiger partial charge in [0, 0.05) is 12.5 Å². The van der Waals surface area contributed by atoms with Crippen LogP contribution in [0.3, 0.4) is 0 Å². The Hall–Kier alpha value is -2.23. The van der Waals surface area contributed by atoms with Crippen LogP contribution in [0.15, 0.2) is 53.4 Å². The molecule has 0 aliphatic heterocycles. The number of aryl methyl sites for hydroxylation is 1. The molecule has 2 aromatic carbocycles. The molecule has 2 aromatic rings. The highest BCUT2D eigenvalue weighted by Crippen LogP contribution is 2.63. The average molecular weight is 373 g/mol. The molecule has 0 heterocycles. The van der Waals surface area contributed by atoms with Gasteiger partial charge in [-0.05, 0) is 43.7 Å². The van der Waals surface area contributed by atoms with Crippen molar-refractivity contribution in [1.29, 1.82) is 5.26 Å². The highest BCUT2D eigenvalue weighted by atomic mass is 32.2. The third-order valence-electron chi connectivity index (χ3n) is 4.92. The molecule has 1 aliphatic carbocycles. The van der Waals surface area contributed by atoms with E-state index in [2.05, 4.69) is 6.07 Å². The molecular formula is C20H20FNO3S. The number of halogens is 1. The van der Waals surface area contributed by atoms with Gasteiger partial charge in [-0.1, -0.05) is 29.8 Å². The largest absolute Gasteiger partial charge is 0.380 e. The molecule has 1 saturated carbocycles. The Morgan fingerprint density at radius 2 is 1.77 bits per heavy atom. The van der Waals surface area contributed by atoms with Gasteiger partial charge in [0.1, 0.15) is 11.2 Å². The Bertz CT molecular complexity index is 933. The second kappa shape index (κ2) is 6.82. The topological polar surface area (TPSA) is 67.2 Å². The summed E-state index contributed by atoms with van der Waals surface area (Å²) in [5.41, 5.74) is 0.418. The predicted molar refractivity (Wildman–Crippen MR) is 95.8 cm³/mol. The number of sulfone groups is 1. The first-order chi connectivity index (χ1) is 12.4. The molecule has 6 heteroatoms. The van der Waals surface area contributed by atoms with Crippen molar-refractivity contribution in [3.63, 3.8) is 0 Å². The zero-order valence-corrected chi connectivity index (χ0v) is 15.5. The standard InChI is InChI=1S/C20H20FNO3S/c1-3-25-13-20(12-22)18(15-6-8-16(21)9-7-15)19(20)26(23,24)17-10-4-14(2)5-11-17/h4-11,18-19H,3,13H2,1-2H3/t18-,19+,20-/m1/s1. The summed E-state index contributed by atoms with van der Waals surface area (Å²) in [6, 6.07) is 14.4. The van der Waals surface area contributed by atoms with E-state index in [-0.39, 0.29) is 11.5 Å².